The lowest BCUT2D eigenvalue weighted by Crippen LogP contribution is -2.40. The summed E-state index contributed by atoms with van der Waals surface area (Å²) < 4.78 is 32.3. The van der Waals surface area contributed by atoms with Crippen molar-refractivity contribution in [1.82, 2.24) is 4.31 Å². The molecule has 1 aliphatic rings. The summed E-state index contributed by atoms with van der Waals surface area (Å²) >= 11 is 4.50. The Bertz CT molecular complexity index is 537. The minimum absolute atomic E-state index is 0.0249. The highest BCUT2D eigenvalue weighted by molar-refractivity contribution is 9.11. The van der Waals surface area contributed by atoms with Crippen LogP contribution in [0.15, 0.2) is 14.7 Å². The molecule has 108 valence electrons. The van der Waals surface area contributed by atoms with Gasteiger partial charge in [0.05, 0.1) is 10.4 Å². The summed E-state index contributed by atoms with van der Waals surface area (Å²) in [6, 6.07) is 1.50. The Labute approximate surface area is 125 Å². The van der Waals surface area contributed by atoms with Gasteiger partial charge in [0.15, 0.2) is 0 Å². The highest BCUT2D eigenvalue weighted by atomic mass is 79.9. The standard InChI is InChI=1S/C11H16BrNO4S2/c1-13(8-2-4-17-5-3-8)19(15,16)10-6-9(7-14)18-11(10)12/h6,8,14H,2-5,7H2,1H3. The average Bonchev–Trinajstić information content (AvgIpc) is 2.81. The maximum atomic E-state index is 12.6. The van der Waals surface area contributed by atoms with Gasteiger partial charge in [0.2, 0.25) is 10.0 Å². The van der Waals surface area contributed by atoms with Gasteiger partial charge in [-0.2, -0.15) is 4.31 Å². The minimum Gasteiger partial charge on any atom is -0.391 e. The zero-order valence-corrected chi connectivity index (χ0v) is 13.7. The molecule has 0 bridgehead atoms. The second-order valence-electron chi connectivity index (χ2n) is 4.37. The van der Waals surface area contributed by atoms with Gasteiger partial charge in [0.25, 0.3) is 0 Å². The second-order valence-corrected chi connectivity index (χ2v) is 8.79. The highest BCUT2D eigenvalue weighted by Crippen LogP contribution is 2.34. The topological polar surface area (TPSA) is 66.8 Å². The molecule has 0 spiro atoms. The Balaban J connectivity index is 2.27. The van der Waals surface area contributed by atoms with Crippen molar-refractivity contribution >= 4 is 37.3 Å². The number of sulfonamides is 1. The number of hydrogen-bond acceptors (Lipinski definition) is 5. The summed E-state index contributed by atoms with van der Waals surface area (Å²) in [6.45, 7) is 1.04. The van der Waals surface area contributed by atoms with Gasteiger partial charge in [-0.25, -0.2) is 8.42 Å². The summed E-state index contributed by atoms with van der Waals surface area (Å²) in [7, 11) is -1.92. The molecule has 5 nitrogen and oxygen atoms in total. The van der Waals surface area contributed by atoms with Gasteiger partial charge < -0.3 is 9.84 Å². The summed E-state index contributed by atoms with van der Waals surface area (Å²) in [4.78, 5) is 0.862. The van der Waals surface area contributed by atoms with E-state index in [9.17, 15) is 8.42 Å². The summed E-state index contributed by atoms with van der Waals surface area (Å²) in [6.07, 6.45) is 1.43. The van der Waals surface area contributed by atoms with Crippen molar-refractivity contribution in [3.63, 3.8) is 0 Å². The fourth-order valence-electron chi connectivity index (χ4n) is 2.05. The summed E-state index contributed by atoms with van der Waals surface area (Å²) in [5.41, 5.74) is 0. The van der Waals surface area contributed by atoms with Crippen molar-refractivity contribution in [2.45, 2.75) is 30.4 Å². The van der Waals surface area contributed by atoms with Crippen LogP contribution >= 0.6 is 27.3 Å². The van der Waals surface area contributed by atoms with E-state index in [1.54, 1.807) is 7.05 Å². The molecule has 0 radical (unpaired) electrons. The molecule has 1 N–H and O–H groups in total. The van der Waals surface area contributed by atoms with E-state index in [1.807, 2.05) is 0 Å². The second kappa shape index (κ2) is 6.19. The number of rotatable bonds is 4. The molecule has 1 fully saturated rings. The highest BCUT2D eigenvalue weighted by Gasteiger charge is 2.31. The lowest BCUT2D eigenvalue weighted by atomic mass is 10.1. The first kappa shape index (κ1) is 15.4. The van der Waals surface area contributed by atoms with Crippen LogP contribution in [0, 0.1) is 0 Å². The molecule has 1 aromatic rings. The zero-order chi connectivity index (χ0) is 14.0. The first-order chi connectivity index (χ1) is 8.96. The van der Waals surface area contributed by atoms with Crippen LogP contribution in [0.5, 0.6) is 0 Å². The molecule has 0 aliphatic carbocycles. The Morgan fingerprint density at radius 1 is 1.53 bits per heavy atom. The molecular formula is C11H16BrNO4S2. The van der Waals surface area contributed by atoms with Crippen molar-refractivity contribution in [1.29, 1.82) is 0 Å². The van der Waals surface area contributed by atoms with E-state index in [0.717, 1.165) is 0 Å². The number of nitrogens with zero attached hydrogens (tertiary/aromatic N) is 1. The minimum atomic E-state index is -3.53. The van der Waals surface area contributed by atoms with Gasteiger partial charge in [-0.1, -0.05) is 0 Å². The van der Waals surface area contributed by atoms with E-state index < -0.39 is 10.0 Å². The third-order valence-electron chi connectivity index (χ3n) is 3.22. The normalized spacial score (nSPS) is 18.1. The lowest BCUT2D eigenvalue weighted by molar-refractivity contribution is 0.0632. The van der Waals surface area contributed by atoms with E-state index in [0.29, 0.717) is 34.7 Å². The number of thiophene rings is 1. The maximum absolute atomic E-state index is 12.6. The molecule has 1 saturated heterocycles. The van der Waals surface area contributed by atoms with Crippen LogP contribution < -0.4 is 0 Å². The van der Waals surface area contributed by atoms with Gasteiger partial charge in [0.1, 0.15) is 4.90 Å². The molecular weight excluding hydrogens is 354 g/mol. The van der Waals surface area contributed by atoms with Crippen molar-refractivity contribution in [2.24, 2.45) is 0 Å². The van der Waals surface area contributed by atoms with Gasteiger partial charge in [-0.05, 0) is 34.8 Å². The van der Waals surface area contributed by atoms with Crippen LogP contribution in [0.25, 0.3) is 0 Å². The first-order valence-corrected chi connectivity index (χ1v) is 8.96. The summed E-state index contributed by atoms with van der Waals surface area (Å²) in [5, 5.41) is 9.09. The predicted octanol–water partition coefficient (Wildman–Crippen LogP) is 1.80. The number of aliphatic hydroxyl groups excluding tert-OH is 1. The summed E-state index contributed by atoms with van der Waals surface area (Å²) in [5.74, 6) is 0. The third-order valence-corrected chi connectivity index (χ3v) is 7.37. The van der Waals surface area contributed by atoms with Crippen molar-refractivity contribution < 1.29 is 18.3 Å². The smallest absolute Gasteiger partial charge is 0.245 e. The predicted molar refractivity (Wildman–Crippen MR) is 76.7 cm³/mol. The van der Waals surface area contributed by atoms with Crippen molar-refractivity contribution in [3.05, 3.63) is 14.7 Å². The monoisotopic (exact) mass is 369 g/mol. The van der Waals surface area contributed by atoms with Crippen LogP contribution in [-0.2, 0) is 21.4 Å². The number of aliphatic hydroxyl groups is 1. The van der Waals surface area contributed by atoms with E-state index in [2.05, 4.69) is 15.9 Å². The first-order valence-electron chi connectivity index (χ1n) is 5.91. The quantitative estimate of drug-likeness (QED) is 0.878. The molecule has 2 rings (SSSR count). The molecule has 0 amide bonds. The van der Waals surface area contributed by atoms with Gasteiger partial charge in [0, 0.05) is 31.2 Å². The lowest BCUT2D eigenvalue weighted by Gasteiger charge is -2.30. The van der Waals surface area contributed by atoms with Crippen molar-refractivity contribution in [2.75, 3.05) is 20.3 Å². The average molecular weight is 370 g/mol. The van der Waals surface area contributed by atoms with Gasteiger partial charge >= 0.3 is 0 Å². The maximum Gasteiger partial charge on any atom is 0.245 e. The molecule has 0 aromatic carbocycles. The van der Waals surface area contributed by atoms with Crippen molar-refractivity contribution in [3.8, 4) is 0 Å². The fourth-order valence-corrected chi connectivity index (χ4v) is 5.96. The molecule has 19 heavy (non-hydrogen) atoms. The van der Waals surface area contributed by atoms with E-state index in [-0.39, 0.29) is 17.5 Å². The molecule has 1 aliphatic heterocycles. The zero-order valence-electron chi connectivity index (χ0n) is 10.5. The Kier molecular flexibility index (Phi) is 5.02. The van der Waals surface area contributed by atoms with Gasteiger partial charge in [-0.15, -0.1) is 11.3 Å². The largest absolute Gasteiger partial charge is 0.391 e. The molecule has 0 atom stereocenters. The van der Waals surface area contributed by atoms with E-state index >= 15 is 0 Å². The van der Waals surface area contributed by atoms with E-state index in [1.165, 1.54) is 21.7 Å². The van der Waals surface area contributed by atoms with E-state index in [4.69, 9.17) is 9.84 Å². The van der Waals surface area contributed by atoms with Crippen LogP contribution in [0.2, 0.25) is 0 Å². The third kappa shape index (κ3) is 3.20. The number of ether oxygens (including phenoxy) is 1. The number of halogens is 1. The van der Waals surface area contributed by atoms with Crippen LogP contribution in [0.1, 0.15) is 17.7 Å². The molecule has 8 heteroatoms. The van der Waals surface area contributed by atoms with Crippen LogP contribution in [0.3, 0.4) is 0 Å². The Morgan fingerprint density at radius 2 is 2.16 bits per heavy atom. The fraction of sp³-hybridized carbons (Fsp3) is 0.636. The molecule has 1 aromatic heterocycles. The van der Waals surface area contributed by atoms with Gasteiger partial charge in [-0.3, -0.25) is 0 Å². The molecule has 0 unspecified atom stereocenters. The molecule has 2 heterocycles. The Morgan fingerprint density at radius 3 is 2.68 bits per heavy atom. The Hall–Kier alpha value is 0.01000. The number of hydrogen-bond donors (Lipinski definition) is 1. The molecule has 0 saturated carbocycles. The van der Waals surface area contributed by atoms with Crippen LogP contribution in [0.4, 0.5) is 0 Å². The SMILES string of the molecule is CN(C1CCOCC1)S(=O)(=O)c1cc(CO)sc1Br. The van der Waals surface area contributed by atoms with Crippen LogP contribution in [-0.4, -0.2) is 44.1 Å².